The van der Waals surface area contributed by atoms with Crippen molar-refractivity contribution in [1.82, 2.24) is 4.98 Å². The number of aromatic nitrogens is 1. The number of esters is 1. The second-order valence-corrected chi connectivity index (χ2v) is 6.48. The SMILES string of the molecule is COC(=O)c1sc(NCC2(C3CC3)CC2)nc1Cl. The van der Waals surface area contributed by atoms with Gasteiger partial charge in [-0.05, 0) is 37.0 Å². The van der Waals surface area contributed by atoms with Crippen LogP contribution in [-0.4, -0.2) is 24.6 Å². The number of methoxy groups -OCH3 is 1. The summed E-state index contributed by atoms with van der Waals surface area (Å²) < 4.78 is 4.66. The van der Waals surface area contributed by atoms with Gasteiger partial charge in [0.05, 0.1) is 7.11 Å². The van der Waals surface area contributed by atoms with Gasteiger partial charge in [0.25, 0.3) is 0 Å². The summed E-state index contributed by atoms with van der Waals surface area (Å²) in [7, 11) is 1.35. The van der Waals surface area contributed by atoms with E-state index in [9.17, 15) is 4.79 Å². The largest absolute Gasteiger partial charge is 0.465 e. The highest BCUT2D eigenvalue weighted by atomic mass is 35.5. The van der Waals surface area contributed by atoms with Crippen LogP contribution in [0.3, 0.4) is 0 Å². The number of carbonyl (C=O) groups excluding carboxylic acids is 1. The van der Waals surface area contributed by atoms with Gasteiger partial charge >= 0.3 is 5.97 Å². The first-order chi connectivity index (χ1) is 8.64. The molecule has 0 saturated heterocycles. The molecule has 0 aromatic carbocycles. The third-order valence-corrected chi connectivity index (χ3v) is 5.26. The lowest BCUT2D eigenvalue weighted by atomic mass is 10.0. The van der Waals surface area contributed by atoms with Gasteiger partial charge in [0.15, 0.2) is 15.2 Å². The highest BCUT2D eigenvalue weighted by Crippen LogP contribution is 2.61. The van der Waals surface area contributed by atoms with E-state index >= 15 is 0 Å². The number of rotatable bonds is 5. The molecule has 98 valence electrons. The molecule has 2 fully saturated rings. The molecule has 1 aromatic heterocycles. The molecule has 1 heterocycles. The van der Waals surface area contributed by atoms with E-state index in [0.717, 1.165) is 12.5 Å². The van der Waals surface area contributed by atoms with Crippen LogP contribution in [0, 0.1) is 11.3 Å². The van der Waals surface area contributed by atoms with Crippen LogP contribution in [0.1, 0.15) is 35.4 Å². The van der Waals surface area contributed by atoms with Crippen molar-refractivity contribution in [1.29, 1.82) is 0 Å². The van der Waals surface area contributed by atoms with Crippen LogP contribution in [0.25, 0.3) is 0 Å². The molecule has 2 saturated carbocycles. The zero-order valence-corrected chi connectivity index (χ0v) is 11.7. The lowest BCUT2D eigenvalue weighted by Crippen LogP contribution is -2.17. The predicted octanol–water partition coefficient (Wildman–Crippen LogP) is 3.19. The number of anilines is 1. The molecule has 0 bridgehead atoms. The third-order valence-electron chi connectivity index (χ3n) is 3.88. The van der Waals surface area contributed by atoms with Crippen LogP contribution in [0.5, 0.6) is 0 Å². The van der Waals surface area contributed by atoms with Crippen molar-refractivity contribution < 1.29 is 9.53 Å². The molecule has 0 spiro atoms. The summed E-state index contributed by atoms with van der Waals surface area (Å²) in [5.41, 5.74) is 0.504. The van der Waals surface area contributed by atoms with Crippen molar-refractivity contribution in [2.75, 3.05) is 19.0 Å². The number of halogens is 1. The maximum Gasteiger partial charge on any atom is 0.351 e. The molecule has 0 radical (unpaired) electrons. The molecule has 1 aromatic rings. The van der Waals surface area contributed by atoms with Gasteiger partial charge < -0.3 is 10.1 Å². The number of ether oxygens (including phenoxy) is 1. The zero-order chi connectivity index (χ0) is 12.8. The molecular weight excluding hydrogens is 272 g/mol. The summed E-state index contributed by atoms with van der Waals surface area (Å²) in [5, 5.41) is 4.27. The number of hydrogen-bond acceptors (Lipinski definition) is 5. The Kier molecular flexibility index (Phi) is 2.98. The Morgan fingerprint density at radius 3 is 2.89 bits per heavy atom. The van der Waals surface area contributed by atoms with E-state index < -0.39 is 5.97 Å². The Morgan fingerprint density at radius 1 is 1.61 bits per heavy atom. The highest BCUT2D eigenvalue weighted by molar-refractivity contribution is 7.18. The molecule has 6 heteroatoms. The van der Waals surface area contributed by atoms with Crippen molar-refractivity contribution >= 4 is 34.0 Å². The first-order valence-electron chi connectivity index (χ1n) is 6.13. The minimum absolute atomic E-state index is 0.227. The van der Waals surface area contributed by atoms with E-state index in [4.69, 9.17) is 11.6 Å². The molecule has 1 N–H and O–H groups in total. The Balaban J connectivity index is 1.64. The summed E-state index contributed by atoms with van der Waals surface area (Å²) in [5.74, 6) is 0.481. The molecule has 0 atom stereocenters. The average molecular weight is 287 g/mol. The molecule has 2 aliphatic carbocycles. The summed E-state index contributed by atoms with van der Waals surface area (Å²) in [4.78, 5) is 16.0. The fourth-order valence-corrected chi connectivity index (χ4v) is 3.53. The van der Waals surface area contributed by atoms with Gasteiger partial charge in [-0.25, -0.2) is 9.78 Å². The predicted molar refractivity (Wildman–Crippen MR) is 71.3 cm³/mol. The van der Waals surface area contributed by atoms with Gasteiger partial charge in [0, 0.05) is 6.54 Å². The van der Waals surface area contributed by atoms with E-state index in [0.29, 0.717) is 15.4 Å². The summed E-state index contributed by atoms with van der Waals surface area (Å²) >= 11 is 7.18. The van der Waals surface area contributed by atoms with Gasteiger partial charge in [-0.2, -0.15) is 0 Å². The standard InChI is InChI=1S/C12H15ClN2O2S/c1-17-10(16)8-9(13)15-11(18-8)14-6-12(4-5-12)7-2-3-7/h7H,2-6H2,1H3,(H,14,15). The van der Waals surface area contributed by atoms with E-state index in [2.05, 4.69) is 15.0 Å². The lowest BCUT2D eigenvalue weighted by molar-refractivity contribution is 0.0606. The van der Waals surface area contributed by atoms with Gasteiger partial charge in [-0.1, -0.05) is 22.9 Å². The van der Waals surface area contributed by atoms with Crippen molar-refractivity contribution in [3.8, 4) is 0 Å². The number of hydrogen-bond donors (Lipinski definition) is 1. The van der Waals surface area contributed by atoms with Crippen LogP contribution in [0.4, 0.5) is 5.13 Å². The minimum atomic E-state index is -0.422. The molecular formula is C12H15ClN2O2S. The van der Waals surface area contributed by atoms with Crippen LogP contribution < -0.4 is 5.32 Å². The quantitative estimate of drug-likeness (QED) is 0.845. The fourth-order valence-electron chi connectivity index (χ4n) is 2.43. The molecule has 18 heavy (non-hydrogen) atoms. The zero-order valence-electron chi connectivity index (χ0n) is 10.2. The van der Waals surface area contributed by atoms with Crippen molar-refractivity contribution in [2.24, 2.45) is 11.3 Å². The average Bonchev–Trinajstić information content (AvgIpc) is 3.24. The van der Waals surface area contributed by atoms with Gasteiger partial charge in [-0.3, -0.25) is 0 Å². The van der Waals surface area contributed by atoms with Gasteiger partial charge in [-0.15, -0.1) is 0 Å². The smallest absolute Gasteiger partial charge is 0.351 e. The number of carbonyl (C=O) groups is 1. The second kappa shape index (κ2) is 4.38. The van der Waals surface area contributed by atoms with Crippen LogP contribution in [-0.2, 0) is 4.74 Å². The molecule has 3 rings (SSSR count). The monoisotopic (exact) mass is 286 g/mol. The second-order valence-electron chi connectivity index (χ2n) is 5.12. The van der Waals surface area contributed by atoms with Gasteiger partial charge in [0.2, 0.25) is 0 Å². The van der Waals surface area contributed by atoms with E-state index in [-0.39, 0.29) is 5.15 Å². The Morgan fingerprint density at radius 2 is 2.33 bits per heavy atom. The van der Waals surface area contributed by atoms with Crippen LogP contribution in [0.2, 0.25) is 5.15 Å². The molecule has 0 unspecified atom stereocenters. The maximum absolute atomic E-state index is 11.4. The fraction of sp³-hybridized carbons (Fsp3) is 0.667. The summed E-state index contributed by atoms with van der Waals surface area (Å²) in [6, 6.07) is 0. The minimum Gasteiger partial charge on any atom is -0.465 e. The third kappa shape index (κ3) is 2.21. The molecule has 0 aliphatic heterocycles. The molecule has 2 aliphatic rings. The van der Waals surface area contributed by atoms with E-state index in [1.54, 1.807) is 0 Å². The summed E-state index contributed by atoms with van der Waals surface area (Å²) in [6.07, 6.45) is 5.36. The number of nitrogens with one attached hydrogen (secondary N) is 1. The Labute approximate surface area is 115 Å². The van der Waals surface area contributed by atoms with Crippen LogP contribution in [0.15, 0.2) is 0 Å². The number of thiazole rings is 1. The van der Waals surface area contributed by atoms with Crippen molar-refractivity contribution in [2.45, 2.75) is 25.7 Å². The topological polar surface area (TPSA) is 51.2 Å². The lowest BCUT2D eigenvalue weighted by Gasteiger charge is -2.13. The first-order valence-corrected chi connectivity index (χ1v) is 7.32. The first kappa shape index (κ1) is 12.2. The van der Waals surface area contributed by atoms with E-state index in [1.165, 1.54) is 44.1 Å². The normalized spacial score (nSPS) is 20.6. The number of nitrogens with zero attached hydrogens (tertiary/aromatic N) is 1. The highest BCUT2D eigenvalue weighted by Gasteiger charge is 2.53. The Hall–Kier alpha value is -0.810. The van der Waals surface area contributed by atoms with Gasteiger partial charge in [0.1, 0.15) is 0 Å². The van der Waals surface area contributed by atoms with Crippen LogP contribution >= 0.6 is 22.9 Å². The van der Waals surface area contributed by atoms with Crippen molar-refractivity contribution in [3.63, 3.8) is 0 Å². The molecule has 0 amide bonds. The maximum atomic E-state index is 11.4. The summed E-state index contributed by atoms with van der Waals surface area (Å²) in [6.45, 7) is 0.947. The van der Waals surface area contributed by atoms with Crippen molar-refractivity contribution in [3.05, 3.63) is 10.0 Å². The Bertz CT molecular complexity index is 480. The van der Waals surface area contributed by atoms with E-state index in [1.807, 2.05) is 0 Å². The molecule has 4 nitrogen and oxygen atoms in total.